The Hall–Kier alpha value is -2.98. The summed E-state index contributed by atoms with van der Waals surface area (Å²) in [4.78, 5) is 23.7. The Morgan fingerprint density at radius 1 is 0.963 bits per heavy atom. The lowest BCUT2D eigenvalue weighted by atomic mass is 10.00. The van der Waals surface area contributed by atoms with Crippen LogP contribution in [0.1, 0.15) is 27.9 Å². The van der Waals surface area contributed by atoms with Gasteiger partial charge in [0.05, 0.1) is 0 Å². The van der Waals surface area contributed by atoms with E-state index in [-0.39, 0.29) is 18.4 Å². The minimum atomic E-state index is -0.229. The normalized spacial score (nSPS) is 11.9. The second-order valence-electron chi connectivity index (χ2n) is 6.69. The van der Waals surface area contributed by atoms with Gasteiger partial charge in [0.25, 0.3) is 5.91 Å². The highest BCUT2D eigenvalue weighted by Gasteiger charge is 2.14. The van der Waals surface area contributed by atoms with Gasteiger partial charge in [-0.15, -0.1) is 0 Å². The van der Waals surface area contributed by atoms with Gasteiger partial charge in [0, 0.05) is 24.6 Å². The van der Waals surface area contributed by atoms with Crippen LogP contribution in [0, 0.1) is 0 Å². The predicted octanol–water partition coefficient (Wildman–Crippen LogP) is 3.49. The van der Waals surface area contributed by atoms with Crippen molar-refractivity contribution in [2.24, 2.45) is 0 Å². The van der Waals surface area contributed by atoms with Crippen LogP contribution in [0.25, 0.3) is 10.8 Å². The number of benzene rings is 3. The van der Waals surface area contributed by atoms with Crippen molar-refractivity contribution in [1.82, 2.24) is 10.6 Å². The molecule has 1 amide bonds. The predicted molar refractivity (Wildman–Crippen MR) is 109 cm³/mol. The summed E-state index contributed by atoms with van der Waals surface area (Å²) < 4.78 is 0. The SMILES string of the molecule is CNCc1ccc(C(=O)NC(CC=O)Cc2ccc3ccccc3c2)cc1. The van der Waals surface area contributed by atoms with E-state index < -0.39 is 0 Å². The van der Waals surface area contributed by atoms with E-state index in [2.05, 4.69) is 41.0 Å². The third-order valence-electron chi connectivity index (χ3n) is 4.61. The van der Waals surface area contributed by atoms with Crippen LogP contribution in [-0.4, -0.2) is 25.3 Å². The molecule has 0 aliphatic carbocycles. The summed E-state index contributed by atoms with van der Waals surface area (Å²) in [6, 6.07) is 21.7. The van der Waals surface area contributed by atoms with Gasteiger partial charge in [-0.1, -0.05) is 54.6 Å². The first kappa shape index (κ1) is 18.8. The Morgan fingerprint density at radius 2 is 1.67 bits per heavy atom. The summed E-state index contributed by atoms with van der Waals surface area (Å²) in [6.07, 6.45) is 1.77. The van der Waals surface area contributed by atoms with Crippen LogP contribution in [0.2, 0.25) is 0 Å². The van der Waals surface area contributed by atoms with E-state index in [4.69, 9.17) is 0 Å². The summed E-state index contributed by atoms with van der Waals surface area (Å²) in [5, 5.41) is 8.42. The first-order valence-corrected chi connectivity index (χ1v) is 9.15. The van der Waals surface area contributed by atoms with Crippen molar-refractivity contribution >= 4 is 23.0 Å². The zero-order valence-corrected chi connectivity index (χ0v) is 15.4. The Labute approximate surface area is 159 Å². The highest BCUT2D eigenvalue weighted by molar-refractivity contribution is 5.94. The van der Waals surface area contributed by atoms with E-state index in [0.717, 1.165) is 29.3 Å². The smallest absolute Gasteiger partial charge is 0.251 e. The number of amides is 1. The quantitative estimate of drug-likeness (QED) is 0.605. The molecule has 2 N–H and O–H groups in total. The van der Waals surface area contributed by atoms with Crippen LogP contribution in [0.3, 0.4) is 0 Å². The summed E-state index contributed by atoms with van der Waals surface area (Å²) in [5.41, 5.74) is 2.82. The van der Waals surface area contributed by atoms with Crippen molar-refractivity contribution < 1.29 is 9.59 Å². The van der Waals surface area contributed by atoms with Crippen molar-refractivity contribution in [1.29, 1.82) is 0 Å². The molecule has 3 aromatic rings. The van der Waals surface area contributed by atoms with E-state index in [9.17, 15) is 9.59 Å². The van der Waals surface area contributed by atoms with Crippen LogP contribution in [-0.2, 0) is 17.8 Å². The van der Waals surface area contributed by atoms with Crippen LogP contribution >= 0.6 is 0 Å². The Bertz CT molecular complexity index is 919. The van der Waals surface area contributed by atoms with Crippen molar-refractivity contribution in [3.63, 3.8) is 0 Å². The Morgan fingerprint density at radius 3 is 2.37 bits per heavy atom. The highest BCUT2D eigenvalue weighted by Crippen LogP contribution is 2.17. The number of carbonyl (C=O) groups excluding carboxylic acids is 2. The molecule has 0 fully saturated rings. The fourth-order valence-electron chi connectivity index (χ4n) is 3.21. The standard InChI is InChI=1S/C23H24N2O2/c1-24-16-17-6-10-20(11-7-17)23(27)25-22(12-13-26)15-18-8-9-19-4-2-3-5-21(19)14-18/h2-11,13-14,22,24H,12,15-16H2,1H3,(H,25,27). The minimum Gasteiger partial charge on any atom is -0.349 e. The van der Waals surface area contributed by atoms with Crippen LogP contribution < -0.4 is 10.6 Å². The van der Waals surface area contributed by atoms with Gasteiger partial charge in [-0.3, -0.25) is 4.79 Å². The maximum Gasteiger partial charge on any atom is 0.251 e. The summed E-state index contributed by atoms with van der Waals surface area (Å²) in [7, 11) is 1.89. The molecule has 0 aliphatic heterocycles. The molecule has 0 aromatic heterocycles. The van der Waals surface area contributed by atoms with E-state index in [1.807, 2.05) is 43.4 Å². The average molecular weight is 360 g/mol. The molecule has 4 heteroatoms. The largest absolute Gasteiger partial charge is 0.349 e. The first-order valence-electron chi connectivity index (χ1n) is 9.15. The van der Waals surface area contributed by atoms with Gasteiger partial charge in [-0.25, -0.2) is 0 Å². The molecule has 1 atom stereocenters. The van der Waals surface area contributed by atoms with Crippen molar-refractivity contribution in [3.05, 3.63) is 83.4 Å². The summed E-state index contributed by atoms with van der Waals surface area (Å²) >= 11 is 0. The second-order valence-corrected chi connectivity index (χ2v) is 6.69. The average Bonchev–Trinajstić information content (AvgIpc) is 2.69. The molecular weight excluding hydrogens is 336 g/mol. The molecule has 0 saturated heterocycles. The fourth-order valence-corrected chi connectivity index (χ4v) is 3.21. The molecule has 0 heterocycles. The van der Waals surface area contributed by atoms with Gasteiger partial charge in [0.1, 0.15) is 6.29 Å². The molecule has 3 aromatic carbocycles. The van der Waals surface area contributed by atoms with Crippen molar-refractivity contribution in [2.45, 2.75) is 25.4 Å². The van der Waals surface area contributed by atoms with E-state index in [1.54, 1.807) is 0 Å². The van der Waals surface area contributed by atoms with Crippen LogP contribution in [0.4, 0.5) is 0 Å². The zero-order chi connectivity index (χ0) is 19.1. The highest BCUT2D eigenvalue weighted by atomic mass is 16.1. The molecular formula is C23H24N2O2. The number of aldehydes is 1. The van der Waals surface area contributed by atoms with E-state index in [0.29, 0.717) is 12.0 Å². The third-order valence-corrected chi connectivity index (χ3v) is 4.61. The number of nitrogens with one attached hydrogen (secondary N) is 2. The molecule has 138 valence electrons. The Kier molecular flexibility index (Phi) is 6.34. The number of fused-ring (bicyclic) bond motifs is 1. The molecule has 0 saturated carbocycles. The van der Waals surface area contributed by atoms with Crippen molar-refractivity contribution in [2.75, 3.05) is 7.05 Å². The lowest BCUT2D eigenvalue weighted by Crippen LogP contribution is -2.36. The number of hydrogen-bond acceptors (Lipinski definition) is 3. The molecule has 3 rings (SSSR count). The molecule has 0 spiro atoms. The molecule has 0 radical (unpaired) electrons. The van der Waals surface area contributed by atoms with Gasteiger partial charge in [-0.05, 0) is 47.5 Å². The second kappa shape index (κ2) is 9.10. The van der Waals surface area contributed by atoms with Gasteiger partial charge < -0.3 is 15.4 Å². The van der Waals surface area contributed by atoms with E-state index in [1.165, 1.54) is 5.39 Å². The van der Waals surface area contributed by atoms with Gasteiger partial charge in [0.15, 0.2) is 0 Å². The summed E-state index contributed by atoms with van der Waals surface area (Å²) in [5.74, 6) is -0.154. The van der Waals surface area contributed by atoms with Gasteiger partial charge in [-0.2, -0.15) is 0 Å². The Balaban J connectivity index is 1.70. The number of hydrogen-bond donors (Lipinski definition) is 2. The van der Waals surface area contributed by atoms with Crippen LogP contribution in [0.15, 0.2) is 66.7 Å². The monoisotopic (exact) mass is 360 g/mol. The lowest BCUT2D eigenvalue weighted by molar-refractivity contribution is -0.108. The zero-order valence-electron chi connectivity index (χ0n) is 15.4. The molecule has 0 aliphatic rings. The fraction of sp³-hybridized carbons (Fsp3) is 0.217. The maximum atomic E-state index is 12.6. The molecule has 0 bridgehead atoms. The molecule has 27 heavy (non-hydrogen) atoms. The number of rotatable bonds is 8. The van der Waals surface area contributed by atoms with E-state index >= 15 is 0 Å². The lowest BCUT2D eigenvalue weighted by Gasteiger charge is -2.17. The maximum absolute atomic E-state index is 12.6. The number of carbonyl (C=O) groups is 2. The van der Waals surface area contributed by atoms with Gasteiger partial charge in [0.2, 0.25) is 0 Å². The molecule has 4 nitrogen and oxygen atoms in total. The van der Waals surface area contributed by atoms with Gasteiger partial charge >= 0.3 is 0 Å². The first-order chi connectivity index (χ1) is 13.2. The topological polar surface area (TPSA) is 58.2 Å². The summed E-state index contributed by atoms with van der Waals surface area (Å²) in [6.45, 7) is 0.762. The van der Waals surface area contributed by atoms with Crippen LogP contribution in [0.5, 0.6) is 0 Å². The molecule has 1 unspecified atom stereocenters. The minimum absolute atomic E-state index is 0.154. The van der Waals surface area contributed by atoms with Crippen molar-refractivity contribution in [3.8, 4) is 0 Å². The third kappa shape index (κ3) is 5.02.